The SMILES string of the molecule is Cc1ncc([N+](=O)[O-])cc1C(=O)NC(C)CCC(=O)O. The Labute approximate surface area is 115 Å². The van der Waals surface area contributed by atoms with Crippen LogP contribution < -0.4 is 5.32 Å². The van der Waals surface area contributed by atoms with E-state index in [0.29, 0.717) is 5.69 Å². The van der Waals surface area contributed by atoms with Crippen molar-refractivity contribution < 1.29 is 19.6 Å². The first-order valence-corrected chi connectivity index (χ1v) is 5.95. The van der Waals surface area contributed by atoms with Gasteiger partial charge in [-0.15, -0.1) is 0 Å². The number of nitrogens with zero attached hydrogens (tertiary/aromatic N) is 2. The van der Waals surface area contributed by atoms with E-state index in [0.717, 1.165) is 12.3 Å². The van der Waals surface area contributed by atoms with Crippen molar-refractivity contribution in [2.24, 2.45) is 0 Å². The van der Waals surface area contributed by atoms with Crippen molar-refractivity contribution in [1.29, 1.82) is 0 Å². The molecule has 20 heavy (non-hydrogen) atoms. The van der Waals surface area contributed by atoms with E-state index in [9.17, 15) is 19.7 Å². The van der Waals surface area contributed by atoms with Crippen LogP contribution in [0.25, 0.3) is 0 Å². The summed E-state index contributed by atoms with van der Waals surface area (Å²) in [5.74, 6) is -1.45. The van der Waals surface area contributed by atoms with E-state index in [1.807, 2.05) is 0 Å². The Morgan fingerprint density at radius 1 is 1.55 bits per heavy atom. The first kappa shape index (κ1) is 15.5. The van der Waals surface area contributed by atoms with Gasteiger partial charge in [-0.05, 0) is 20.3 Å². The number of amides is 1. The third kappa shape index (κ3) is 4.30. The number of nitrogens with one attached hydrogen (secondary N) is 1. The molecule has 1 rings (SSSR count). The lowest BCUT2D eigenvalue weighted by atomic mass is 10.1. The fourth-order valence-corrected chi connectivity index (χ4v) is 1.57. The van der Waals surface area contributed by atoms with Gasteiger partial charge in [-0.1, -0.05) is 0 Å². The van der Waals surface area contributed by atoms with Gasteiger partial charge in [0.25, 0.3) is 11.6 Å². The van der Waals surface area contributed by atoms with Crippen molar-refractivity contribution in [2.75, 3.05) is 0 Å². The lowest BCUT2D eigenvalue weighted by molar-refractivity contribution is -0.385. The van der Waals surface area contributed by atoms with E-state index < -0.39 is 16.8 Å². The highest BCUT2D eigenvalue weighted by molar-refractivity contribution is 5.95. The van der Waals surface area contributed by atoms with Gasteiger partial charge in [-0.25, -0.2) is 0 Å². The Bertz CT molecular complexity index is 544. The van der Waals surface area contributed by atoms with Crippen LogP contribution in [-0.4, -0.2) is 32.9 Å². The largest absolute Gasteiger partial charge is 0.481 e. The second kappa shape index (κ2) is 6.60. The first-order valence-electron chi connectivity index (χ1n) is 5.95. The summed E-state index contributed by atoms with van der Waals surface area (Å²) in [5, 5.41) is 21.8. The minimum absolute atomic E-state index is 0.0619. The minimum Gasteiger partial charge on any atom is -0.481 e. The average Bonchev–Trinajstić information content (AvgIpc) is 2.36. The lowest BCUT2D eigenvalue weighted by Crippen LogP contribution is -2.33. The molecule has 0 bridgehead atoms. The smallest absolute Gasteiger partial charge is 0.303 e. The van der Waals surface area contributed by atoms with Gasteiger partial charge in [0.05, 0.1) is 16.2 Å². The van der Waals surface area contributed by atoms with Gasteiger partial charge >= 0.3 is 5.97 Å². The molecule has 1 aromatic heterocycles. The van der Waals surface area contributed by atoms with Gasteiger partial charge in [0.1, 0.15) is 6.20 Å². The van der Waals surface area contributed by atoms with Crippen LogP contribution >= 0.6 is 0 Å². The van der Waals surface area contributed by atoms with Crippen molar-refractivity contribution in [3.63, 3.8) is 0 Å². The average molecular weight is 281 g/mol. The second-order valence-electron chi connectivity index (χ2n) is 4.39. The molecular weight excluding hydrogens is 266 g/mol. The molecule has 0 saturated heterocycles. The molecule has 0 aliphatic carbocycles. The van der Waals surface area contributed by atoms with Crippen LogP contribution in [0.2, 0.25) is 0 Å². The monoisotopic (exact) mass is 281 g/mol. The molecule has 1 atom stereocenters. The molecule has 8 nitrogen and oxygen atoms in total. The zero-order chi connectivity index (χ0) is 15.3. The van der Waals surface area contributed by atoms with Crippen LogP contribution in [0.1, 0.15) is 35.8 Å². The second-order valence-corrected chi connectivity index (χ2v) is 4.39. The van der Waals surface area contributed by atoms with E-state index in [4.69, 9.17) is 5.11 Å². The maximum Gasteiger partial charge on any atom is 0.303 e. The zero-order valence-corrected chi connectivity index (χ0v) is 11.1. The van der Waals surface area contributed by atoms with E-state index in [1.165, 1.54) is 0 Å². The third-order valence-electron chi connectivity index (χ3n) is 2.70. The van der Waals surface area contributed by atoms with Crippen LogP contribution in [-0.2, 0) is 4.79 Å². The van der Waals surface area contributed by atoms with E-state index in [2.05, 4.69) is 10.3 Å². The van der Waals surface area contributed by atoms with E-state index >= 15 is 0 Å². The highest BCUT2D eigenvalue weighted by atomic mass is 16.6. The summed E-state index contributed by atoms with van der Waals surface area (Å²) in [5.41, 5.74) is 0.221. The van der Waals surface area contributed by atoms with Gasteiger partial charge in [0.15, 0.2) is 0 Å². The number of carboxylic acids is 1. The van der Waals surface area contributed by atoms with Crippen LogP contribution in [0, 0.1) is 17.0 Å². The van der Waals surface area contributed by atoms with Crippen molar-refractivity contribution in [3.05, 3.63) is 33.6 Å². The van der Waals surface area contributed by atoms with Crippen LogP contribution in [0.5, 0.6) is 0 Å². The number of carbonyl (C=O) groups excluding carboxylic acids is 1. The Morgan fingerprint density at radius 2 is 2.20 bits per heavy atom. The first-order chi connectivity index (χ1) is 9.31. The number of pyridine rings is 1. The number of carbonyl (C=O) groups is 2. The predicted molar refractivity (Wildman–Crippen MR) is 69.4 cm³/mol. The number of aliphatic carboxylic acids is 1. The van der Waals surface area contributed by atoms with Crippen LogP contribution in [0.4, 0.5) is 5.69 Å². The standard InChI is InChI=1S/C12H15N3O5/c1-7(3-4-11(16)17)14-12(18)10-5-9(15(19)20)6-13-8(10)2/h5-7H,3-4H2,1-2H3,(H,14,18)(H,16,17). The number of aromatic nitrogens is 1. The number of hydrogen-bond acceptors (Lipinski definition) is 5. The molecule has 0 aliphatic heterocycles. The summed E-state index contributed by atoms with van der Waals surface area (Å²) in [6, 6.07) is 0.805. The summed E-state index contributed by atoms with van der Waals surface area (Å²) < 4.78 is 0. The molecular formula is C12H15N3O5. The van der Waals surface area contributed by atoms with Gasteiger partial charge < -0.3 is 10.4 Å². The predicted octanol–water partition coefficient (Wildman–Crippen LogP) is 1.28. The maximum atomic E-state index is 12.0. The van der Waals surface area contributed by atoms with Crippen molar-refractivity contribution in [1.82, 2.24) is 10.3 Å². The van der Waals surface area contributed by atoms with Crippen molar-refractivity contribution in [2.45, 2.75) is 32.7 Å². The number of rotatable bonds is 6. The molecule has 0 aliphatic rings. The quantitative estimate of drug-likeness (QED) is 0.598. The molecule has 1 amide bonds. The van der Waals surface area contributed by atoms with Gasteiger partial charge in [0.2, 0.25) is 0 Å². The fourth-order valence-electron chi connectivity index (χ4n) is 1.57. The number of aryl methyl sites for hydroxylation is 1. The molecule has 1 unspecified atom stereocenters. The zero-order valence-electron chi connectivity index (χ0n) is 11.1. The molecule has 0 saturated carbocycles. The fraction of sp³-hybridized carbons (Fsp3) is 0.417. The minimum atomic E-state index is -0.945. The molecule has 1 heterocycles. The maximum absolute atomic E-state index is 12.0. The van der Waals surface area contributed by atoms with Gasteiger partial charge in [0, 0.05) is 18.5 Å². The molecule has 1 aromatic rings. The Hall–Kier alpha value is -2.51. The summed E-state index contributed by atoms with van der Waals surface area (Å²) >= 11 is 0. The van der Waals surface area contributed by atoms with Crippen LogP contribution in [0.3, 0.4) is 0 Å². The number of carboxylic acid groups (broad SMARTS) is 1. The summed E-state index contributed by atoms with van der Waals surface area (Å²) in [6.45, 7) is 3.24. The molecule has 0 fully saturated rings. The number of nitro groups is 1. The summed E-state index contributed by atoms with van der Waals surface area (Å²) in [6.07, 6.45) is 1.30. The molecule has 0 aromatic carbocycles. The molecule has 8 heteroatoms. The molecule has 0 spiro atoms. The highest BCUT2D eigenvalue weighted by Gasteiger charge is 2.17. The van der Waals surface area contributed by atoms with Gasteiger partial charge in [-0.3, -0.25) is 24.7 Å². The van der Waals surface area contributed by atoms with Crippen molar-refractivity contribution >= 4 is 17.6 Å². The van der Waals surface area contributed by atoms with E-state index in [-0.39, 0.29) is 30.1 Å². The van der Waals surface area contributed by atoms with Crippen molar-refractivity contribution in [3.8, 4) is 0 Å². The summed E-state index contributed by atoms with van der Waals surface area (Å²) in [7, 11) is 0. The molecule has 0 radical (unpaired) electrons. The third-order valence-corrected chi connectivity index (χ3v) is 2.70. The highest BCUT2D eigenvalue weighted by Crippen LogP contribution is 2.15. The Balaban J connectivity index is 2.79. The lowest BCUT2D eigenvalue weighted by Gasteiger charge is -2.13. The number of hydrogen-bond donors (Lipinski definition) is 2. The topological polar surface area (TPSA) is 122 Å². The Morgan fingerprint density at radius 3 is 2.75 bits per heavy atom. The summed E-state index contributed by atoms with van der Waals surface area (Å²) in [4.78, 5) is 36.2. The van der Waals surface area contributed by atoms with Crippen LogP contribution in [0.15, 0.2) is 12.3 Å². The van der Waals surface area contributed by atoms with Gasteiger partial charge in [-0.2, -0.15) is 0 Å². The normalized spacial score (nSPS) is 11.7. The van der Waals surface area contributed by atoms with E-state index in [1.54, 1.807) is 13.8 Å². The molecule has 108 valence electrons. The molecule has 2 N–H and O–H groups in total. The Kier molecular flexibility index (Phi) is 5.13.